The van der Waals surface area contributed by atoms with Gasteiger partial charge in [-0.25, -0.2) is 0 Å². The number of ether oxygens (including phenoxy) is 1. The molecule has 11 aromatic carbocycles. The Morgan fingerprint density at radius 1 is 0.296 bits per heavy atom. The first kappa shape index (κ1) is 40.3. The summed E-state index contributed by atoms with van der Waals surface area (Å²) in [6, 6.07) is 96.6. The predicted octanol–water partition coefficient (Wildman–Crippen LogP) is 17.8. The van der Waals surface area contributed by atoms with Gasteiger partial charge in [-0.1, -0.05) is 218 Å². The molecule has 15 rings (SSSR count). The maximum absolute atomic E-state index is 6.75. The lowest BCUT2D eigenvalue weighted by atomic mass is 9.66. The second kappa shape index (κ2) is 15.4. The van der Waals surface area contributed by atoms with Gasteiger partial charge < -0.3 is 9.64 Å². The van der Waals surface area contributed by atoms with Crippen molar-refractivity contribution in [3.63, 3.8) is 0 Å². The smallest absolute Gasteiger partial charge is 0.132 e. The van der Waals surface area contributed by atoms with Crippen molar-refractivity contribution in [2.75, 3.05) is 4.90 Å². The minimum Gasteiger partial charge on any atom is -0.457 e. The number of fused-ring (bicyclic) bond motifs is 18. The van der Waals surface area contributed by atoms with Gasteiger partial charge in [-0.05, 0) is 127 Å². The largest absolute Gasteiger partial charge is 0.457 e. The van der Waals surface area contributed by atoms with E-state index in [4.69, 9.17) is 4.74 Å². The fourth-order valence-corrected chi connectivity index (χ4v) is 14.0. The third kappa shape index (κ3) is 5.61. The van der Waals surface area contributed by atoms with Crippen LogP contribution in [0.5, 0.6) is 11.5 Å². The van der Waals surface area contributed by atoms with E-state index in [0.29, 0.717) is 0 Å². The highest BCUT2D eigenvalue weighted by atomic mass is 32.2. The molecular formula is C68H43NOS. The lowest BCUT2D eigenvalue weighted by Crippen LogP contribution is -2.32. The fraction of sp³-hybridized carbons (Fsp3) is 0.0294. The number of hydrogen-bond acceptors (Lipinski definition) is 3. The number of rotatable bonds is 5. The Morgan fingerprint density at radius 2 is 0.732 bits per heavy atom. The third-order valence-electron chi connectivity index (χ3n) is 15.6. The Bertz CT molecular complexity index is 3860. The van der Waals surface area contributed by atoms with Crippen molar-refractivity contribution in [3.8, 4) is 56.0 Å². The van der Waals surface area contributed by atoms with E-state index in [1.807, 2.05) is 11.8 Å². The topological polar surface area (TPSA) is 12.5 Å². The molecule has 0 unspecified atom stereocenters. The molecule has 2 nitrogen and oxygen atoms in total. The van der Waals surface area contributed by atoms with Crippen molar-refractivity contribution in [2.24, 2.45) is 0 Å². The van der Waals surface area contributed by atoms with Crippen LogP contribution >= 0.6 is 11.8 Å². The maximum atomic E-state index is 6.75. The molecule has 0 fully saturated rings. The third-order valence-corrected chi connectivity index (χ3v) is 16.8. The zero-order valence-electron chi connectivity index (χ0n) is 38.6. The van der Waals surface area contributed by atoms with Crippen molar-refractivity contribution < 1.29 is 4.74 Å². The van der Waals surface area contributed by atoms with Gasteiger partial charge in [-0.3, -0.25) is 0 Å². The summed E-state index contributed by atoms with van der Waals surface area (Å²) in [6.45, 7) is 0. The van der Waals surface area contributed by atoms with Crippen LogP contribution in [-0.2, 0) is 10.8 Å². The zero-order valence-corrected chi connectivity index (χ0v) is 39.4. The quantitative estimate of drug-likeness (QED) is 0.171. The molecule has 2 aliphatic heterocycles. The van der Waals surface area contributed by atoms with Crippen molar-refractivity contribution in [1.29, 1.82) is 0 Å². The highest BCUT2D eigenvalue weighted by molar-refractivity contribution is 7.99. The molecule has 2 aliphatic carbocycles. The standard InChI is InChI=1S/C68H43NOS/c1-2-17-44(18-3-1)45-33-35-46(36-34-45)47-37-39-48(40-38-47)69(49-41-42-51-50-19-4-6-21-53(50)68(60(51)43-49)57-25-10-14-31-64(57)71-65-32-15-11-26-58(65)68)61-28-16-27-59-66(61)52-20-5-7-22-54(52)67(59)55-23-8-12-29-62(55)70-63-30-13-9-24-56(63)67/h1-43H. The second-order valence-electron chi connectivity index (χ2n) is 19.0. The second-order valence-corrected chi connectivity index (χ2v) is 20.1. The molecule has 0 amide bonds. The molecule has 0 N–H and O–H groups in total. The first-order valence-electron chi connectivity index (χ1n) is 24.5. The van der Waals surface area contributed by atoms with Crippen LogP contribution in [0.25, 0.3) is 44.5 Å². The van der Waals surface area contributed by atoms with E-state index in [0.717, 1.165) is 39.7 Å². The van der Waals surface area contributed by atoms with E-state index in [1.165, 1.54) is 87.7 Å². The number of hydrogen-bond donors (Lipinski definition) is 0. The summed E-state index contributed by atoms with van der Waals surface area (Å²) in [4.78, 5) is 5.12. The molecule has 0 saturated heterocycles. The number of para-hydroxylation sites is 2. The maximum Gasteiger partial charge on any atom is 0.132 e. The summed E-state index contributed by atoms with van der Waals surface area (Å²) < 4.78 is 6.75. The number of anilines is 3. The highest BCUT2D eigenvalue weighted by Gasteiger charge is 2.53. The van der Waals surface area contributed by atoms with Crippen LogP contribution in [0.4, 0.5) is 17.1 Å². The lowest BCUT2D eigenvalue weighted by molar-refractivity contribution is 0.436. The zero-order chi connectivity index (χ0) is 46.7. The van der Waals surface area contributed by atoms with Crippen molar-refractivity contribution in [3.05, 3.63) is 305 Å². The van der Waals surface area contributed by atoms with E-state index in [1.54, 1.807) is 0 Å². The summed E-state index contributed by atoms with van der Waals surface area (Å²) in [5, 5.41) is 0. The molecule has 2 heterocycles. The SMILES string of the molecule is c1ccc(-c2ccc(-c3ccc(N(c4ccc5c(c4)C4(c6ccccc6Sc6ccccc64)c4ccccc4-5)c4cccc5c4-c4ccccc4C54c5ccccc5Oc5ccccc54)cc3)cc2)cc1. The van der Waals surface area contributed by atoms with Crippen molar-refractivity contribution in [2.45, 2.75) is 20.6 Å². The van der Waals surface area contributed by atoms with E-state index >= 15 is 0 Å². The van der Waals surface area contributed by atoms with Gasteiger partial charge in [0.1, 0.15) is 11.5 Å². The van der Waals surface area contributed by atoms with Gasteiger partial charge in [0.25, 0.3) is 0 Å². The van der Waals surface area contributed by atoms with Gasteiger partial charge >= 0.3 is 0 Å². The Hall–Kier alpha value is -8.63. The van der Waals surface area contributed by atoms with Gasteiger partial charge in [-0.15, -0.1) is 0 Å². The Labute approximate surface area is 418 Å². The van der Waals surface area contributed by atoms with Crippen LogP contribution in [0, 0.1) is 0 Å². The summed E-state index contributed by atoms with van der Waals surface area (Å²) in [5.74, 6) is 1.77. The van der Waals surface area contributed by atoms with Gasteiger partial charge in [0.05, 0.1) is 16.5 Å². The molecule has 71 heavy (non-hydrogen) atoms. The molecule has 0 aromatic heterocycles. The number of benzene rings is 11. The van der Waals surface area contributed by atoms with Crippen LogP contribution < -0.4 is 9.64 Å². The van der Waals surface area contributed by atoms with Crippen LogP contribution in [0.3, 0.4) is 0 Å². The molecule has 11 aromatic rings. The molecular weight excluding hydrogens is 879 g/mol. The van der Waals surface area contributed by atoms with E-state index in [2.05, 4.69) is 266 Å². The van der Waals surface area contributed by atoms with E-state index < -0.39 is 10.8 Å². The minimum absolute atomic E-state index is 0.521. The Balaban J connectivity index is 0.984. The lowest BCUT2D eigenvalue weighted by Gasteiger charge is -2.40. The van der Waals surface area contributed by atoms with Crippen molar-refractivity contribution in [1.82, 2.24) is 0 Å². The highest BCUT2D eigenvalue weighted by Crippen LogP contribution is 2.66. The molecule has 0 saturated carbocycles. The number of nitrogens with zero attached hydrogens (tertiary/aromatic N) is 1. The van der Waals surface area contributed by atoms with Gasteiger partial charge in [0, 0.05) is 37.9 Å². The van der Waals surface area contributed by atoms with Crippen LogP contribution in [0.2, 0.25) is 0 Å². The van der Waals surface area contributed by atoms with Crippen LogP contribution in [-0.4, -0.2) is 0 Å². The van der Waals surface area contributed by atoms with Crippen LogP contribution in [0.1, 0.15) is 44.5 Å². The van der Waals surface area contributed by atoms with Gasteiger partial charge in [0.2, 0.25) is 0 Å². The normalized spacial score (nSPS) is 14.2. The Morgan fingerprint density at radius 3 is 1.37 bits per heavy atom. The summed E-state index contributed by atoms with van der Waals surface area (Å²) in [7, 11) is 0. The minimum atomic E-state index is -0.606. The first-order valence-corrected chi connectivity index (χ1v) is 25.3. The summed E-state index contributed by atoms with van der Waals surface area (Å²) in [6.07, 6.45) is 0. The van der Waals surface area contributed by atoms with Crippen molar-refractivity contribution >= 4 is 28.8 Å². The monoisotopic (exact) mass is 921 g/mol. The van der Waals surface area contributed by atoms with E-state index in [9.17, 15) is 0 Å². The van der Waals surface area contributed by atoms with E-state index in [-0.39, 0.29) is 0 Å². The molecule has 0 radical (unpaired) electrons. The first-order chi connectivity index (χ1) is 35.2. The van der Waals surface area contributed by atoms with Gasteiger partial charge in [-0.2, -0.15) is 0 Å². The molecule has 332 valence electrons. The molecule has 3 heteroatoms. The fourth-order valence-electron chi connectivity index (χ4n) is 12.8. The average molecular weight is 922 g/mol. The average Bonchev–Trinajstić information content (AvgIpc) is 3.90. The molecule has 0 atom stereocenters. The molecule has 4 aliphatic rings. The van der Waals surface area contributed by atoms with Gasteiger partial charge in [0.15, 0.2) is 0 Å². The summed E-state index contributed by atoms with van der Waals surface area (Å²) >= 11 is 1.88. The summed E-state index contributed by atoms with van der Waals surface area (Å²) in [5.41, 5.74) is 22.1. The molecule has 0 bridgehead atoms. The predicted molar refractivity (Wildman–Crippen MR) is 291 cm³/mol. The van der Waals surface area contributed by atoms with Crippen LogP contribution in [0.15, 0.2) is 271 Å². The Kier molecular flexibility index (Phi) is 8.76. The molecule has 2 spiro atoms.